The Bertz CT molecular complexity index is 801. The van der Waals surface area contributed by atoms with E-state index in [4.69, 9.17) is 10.00 Å². The number of aromatic nitrogens is 1. The molecular weight excluding hydrogens is 345 g/mol. The summed E-state index contributed by atoms with van der Waals surface area (Å²) in [4.78, 5) is 16.2. The van der Waals surface area contributed by atoms with E-state index < -0.39 is 5.82 Å². The average molecular weight is 362 g/mol. The van der Waals surface area contributed by atoms with Crippen molar-refractivity contribution in [2.75, 3.05) is 19.7 Å². The van der Waals surface area contributed by atoms with Crippen molar-refractivity contribution in [1.29, 1.82) is 5.26 Å². The lowest BCUT2D eigenvalue weighted by atomic mass is 10.0. The molecule has 1 fully saturated rings. The van der Waals surface area contributed by atoms with Gasteiger partial charge in [0.05, 0.1) is 12.7 Å². The second-order valence-electron chi connectivity index (χ2n) is 5.53. The number of benzene rings is 1. The van der Waals surface area contributed by atoms with Gasteiger partial charge in [0.15, 0.2) is 5.78 Å². The first-order chi connectivity index (χ1) is 11.7. The molecule has 0 bridgehead atoms. The molecule has 25 heavy (non-hydrogen) atoms. The molecule has 7 heteroatoms. The van der Waals surface area contributed by atoms with Crippen LogP contribution in [0.5, 0.6) is 0 Å². The molecule has 1 aromatic heterocycles. The number of nitriles is 1. The standard InChI is InChI=1S/C18H16FN3O2.ClH/c19-15-8-13(18-11-21-6-7-24-18)5-4-12(15)9-17(23)16-3-1-2-14(10-20)22-16;/h1-5,8,18,21H,6-7,9,11H2;1H/t18-;/m1./s1. The van der Waals surface area contributed by atoms with Crippen molar-refractivity contribution in [3.05, 3.63) is 64.7 Å². The summed E-state index contributed by atoms with van der Waals surface area (Å²) in [5.41, 5.74) is 1.38. The minimum absolute atomic E-state index is 0. The van der Waals surface area contributed by atoms with Gasteiger partial charge in [-0.1, -0.05) is 18.2 Å². The maximum Gasteiger partial charge on any atom is 0.185 e. The third kappa shape index (κ3) is 4.60. The lowest BCUT2D eigenvalue weighted by molar-refractivity contribution is 0.0275. The SMILES string of the molecule is Cl.N#Cc1cccc(C(=O)Cc2ccc([C@H]3CNCCO3)cc2F)n1. The molecule has 1 atom stereocenters. The normalized spacial score (nSPS) is 16.6. The van der Waals surface area contributed by atoms with Crippen LogP contribution in [0.25, 0.3) is 0 Å². The number of hydrogen-bond acceptors (Lipinski definition) is 5. The van der Waals surface area contributed by atoms with Crippen LogP contribution in [0.15, 0.2) is 36.4 Å². The maximum absolute atomic E-state index is 14.3. The van der Waals surface area contributed by atoms with Crippen LogP contribution < -0.4 is 5.32 Å². The van der Waals surface area contributed by atoms with Gasteiger partial charge in [0, 0.05) is 19.5 Å². The summed E-state index contributed by atoms with van der Waals surface area (Å²) in [5, 5.41) is 12.0. The number of Topliss-reactive ketones (excluding diaryl/α,β-unsaturated/α-hetero) is 1. The van der Waals surface area contributed by atoms with E-state index in [-0.39, 0.29) is 42.1 Å². The molecule has 5 nitrogen and oxygen atoms in total. The van der Waals surface area contributed by atoms with Crippen molar-refractivity contribution in [2.45, 2.75) is 12.5 Å². The van der Waals surface area contributed by atoms with Gasteiger partial charge in [0.1, 0.15) is 23.3 Å². The third-order valence-corrected chi connectivity index (χ3v) is 3.88. The number of morpholine rings is 1. The largest absolute Gasteiger partial charge is 0.371 e. The van der Waals surface area contributed by atoms with E-state index in [0.717, 1.165) is 12.1 Å². The summed E-state index contributed by atoms with van der Waals surface area (Å²) < 4.78 is 19.9. The number of ketones is 1. The Hall–Kier alpha value is -2.33. The number of nitrogens with one attached hydrogen (secondary N) is 1. The fourth-order valence-electron chi connectivity index (χ4n) is 2.60. The van der Waals surface area contributed by atoms with Gasteiger partial charge >= 0.3 is 0 Å². The first-order valence-electron chi connectivity index (χ1n) is 7.68. The Morgan fingerprint density at radius 2 is 2.24 bits per heavy atom. The van der Waals surface area contributed by atoms with Gasteiger partial charge in [-0.25, -0.2) is 9.37 Å². The van der Waals surface area contributed by atoms with Crippen molar-refractivity contribution in [2.24, 2.45) is 0 Å². The fourth-order valence-corrected chi connectivity index (χ4v) is 2.60. The second-order valence-corrected chi connectivity index (χ2v) is 5.53. The van der Waals surface area contributed by atoms with Crippen LogP contribution in [0.2, 0.25) is 0 Å². The highest BCUT2D eigenvalue weighted by Gasteiger charge is 2.18. The first-order valence-corrected chi connectivity index (χ1v) is 7.68. The topological polar surface area (TPSA) is 75.0 Å². The minimum Gasteiger partial charge on any atom is -0.371 e. The smallest absolute Gasteiger partial charge is 0.185 e. The zero-order valence-electron chi connectivity index (χ0n) is 13.4. The minimum atomic E-state index is -0.438. The first kappa shape index (κ1) is 19.0. The van der Waals surface area contributed by atoms with E-state index >= 15 is 0 Å². The van der Waals surface area contributed by atoms with Gasteiger partial charge in [-0.05, 0) is 29.3 Å². The Morgan fingerprint density at radius 3 is 2.92 bits per heavy atom. The number of rotatable bonds is 4. The number of hydrogen-bond donors (Lipinski definition) is 1. The fraction of sp³-hybridized carbons (Fsp3) is 0.278. The van der Waals surface area contributed by atoms with E-state index in [2.05, 4.69) is 10.3 Å². The number of halogens is 2. The summed E-state index contributed by atoms with van der Waals surface area (Å²) in [5.74, 6) is -0.763. The molecule has 0 aliphatic carbocycles. The highest BCUT2D eigenvalue weighted by molar-refractivity contribution is 5.95. The molecule has 0 unspecified atom stereocenters. The zero-order valence-corrected chi connectivity index (χ0v) is 14.2. The number of nitrogens with zero attached hydrogens (tertiary/aromatic N) is 2. The van der Waals surface area contributed by atoms with Crippen LogP contribution in [-0.2, 0) is 11.2 Å². The van der Waals surface area contributed by atoms with Gasteiger partial charge in [-0.2, -0.15) is 5.26 Å². The van der Waals surface area contributed by atoms with E-state index in [1.165, 1.54) is 18.2 Å². The van der Waals surface area contributed by atoms with E-state index in [1.807, 2.05) is 6.07 Å². The van der Waals surface area contributed by atoms with Crippen molar-refractivity contribution >= 4 is 18.2 Å². The van der Waals surface area contributed by atoms with Crippen LogP contribution in [0.4, 0.5) is 4.39 Å². The molecule has 1 aliphatic heterocycles. The molecular formula is C18H17ClFN3O2. The van der Waals surface area contributed by atoms with E-state index in [0.29, 0.717) is 18.7 Å². The van der Waals surface area contributed by atoms with Crippen molar-refractivity contribution in [3.8, 4) is 6.07 Å². The highest BCUT2D eigenvalue weighted by Crippen LogP contribution is 2.22. The molecule has 3 rings (SSSR count). The predicted octanol–water partition coefficient (Wildman–Crippen LogP) is 2.60. The van der Waals surface area contributed by atoms with Gasteiger partial charge in [-0.15, -0.1) is 12.4 Å². The van der Waals surface area contributed by atoms with Crippen molar-refractivity contribution in [1.82, 2.24) is 10.3 Å². The second kappa shape index (κ2) is 8.67. The summed E-state index contributed by atoms with van der Waals surface area (Å²) in [6.45, 7) is 2.02. The van der Waals surface area contributed by atoms with Crippen LogP contribution in [0.3, 0.4) is 0 Å². The summed E-state index contributed by atoms with van der Waals surface area (Å²) in [7, 11) is 0. The Balaban J connectivity index is 0.00000225. The lowest BCUT2D eigenvalue weighted by Gasteiger charge is -2.24. The van der Waals surface area contributed by atoms with E-state index in [1.54, 1.807) is 18.2 Å². The third-order valence-electron chi connectivity index (χ3n) is 3.88. The summed E-state index contributed by atoms with van der Waals surface area (Å²) in [6.07, 6.45) is -0.274. The van der Waals surface area contributed by atoms with Crippen LogP contribution >= 0.6 is 12.4 Å². The van der Waals surface area contributed by atoms with Crippen molar-refractivity contribution in [3.63, 3.8) is 0 Å². The van der Waals surface area contributed by atoms with Crippen molar-refractivity contribution < 1.29 is 13.9 Å². The molecule has 0 amide bonds. The molecule has 0 radical (unpaired) electrons. The molecule has 130 valence electrons. The Labute approximate surface area is 151 Å². The monoisotopic (exact) mass is 361 g/mol. The Kier molecular flexibility index (Phi) is 6.59. The molecule has 0 saturated carbocycles. The molecule has 2 heterocycles. The molecule has 1 N–H and O–H groups in total. The van der Waals surface area contributed by atoms with E-state index in [9.17, 15) is 9.18 Å². The van der Waals surface area contributed by atoms with Gasteiger partial charge in [0.2, 0.25) is 0 Å². The van der Waals surface area contributed by atoms with Crippen LogP contribution in [0, 0.1) is 17.1 Å². The summed E-state index contributed by atoms with van der Waals surface area (Å²) in [6, 6.07) is 11.3. The van der Waals surface area contributed by atoms with Gasteiger partial charge < -0.3 is 10.1 Å². The quantitative estimate of drug-likeness (QED) is 0.847. The molecule has 2 aromatic rings. The van der Waals surface area contributed by atoms with Crippen LogP contribution in [0.1, 0.15) is 33.4 Å². The molecule has 1 aliphatic rings. The lowest BCUT2D eigenvalue weighted by Crippen LogP contribution is -2.33. The number of carbonyl (C=O) groups excluding carboxylic acids is 1. The zero-order chi connectivity index (χ0) is 16.9. The predicted molar refractivity (Wildman–Crippen MR) is 92.2 cm³/mol. The maximum atomic E-state index is 14.3. The van der Waals surface area contributed by atoms with Gasteiger partial charge in [-0.3, -0.25) is 4.79 Å². The Morgan fingerprint density at radius 1 is 1.40 bits per heavy atom. The highest BCUT2D eigenvalue weighted by atomic mass is 35.5. The molecule has 1 saturated heterocycles. The molecule has 1 aromatic carbocycles. The number of carbonyl (C=O) groups is 1. The number of pyridine rings is 1. The average Bonchev–Trinajstić information content (AvgIpc) is 2.64. The number of ether oxygens (including phenoxy) is 1. The van der Waals surface area contributed by atoms with Crippen LogP contribution in [-0.4, -0.2) is 30.5 Å². The molecule has 0 spiro atoms. The summed E-state index contributed by atoms with van der Waals surface area (Å²) >= 11 is 0. The van der Waals surface area contributed by atoms with Gasteiger partial charge in [0.25, 0.3) is 0 Å².